The van der Waals surface area contributed by atoms with E-state index in [1.54, 1.807) is 22.7 Å². The number of urea groups is 1. The van der Waals surface area contributed by atoms with Crippen molar-refractivity contribution in [3.05, 3.63) is 71.0 Å². The van der Waals surface area contributed by atoms with Crippen LogP contribution < -0.4 is 5.32 Å². The average molecular weight is 483 g/mol. The van der Waals surface area contributed by atoms with Crippen molar-refractivity contribution in [2.75, 3.05) is 18.9 Å². The molecule has 4 rings (SSSR count). The molecule has 0 fully saturated rings. The Kier molecular flexibility index (Phi) is 7.31. The van der Waals surface area contributed by atoms with Crippen molar-refractivity contribution in [1.29, 1.82) is 0 Å². The van der Waals surface area contributed by atoms with E-state index in [1.807, 2.05) is 50.2 Å². The number of hydrogen-bond donors (Lipinski definition) is 1. The normalized spacial score (nSPS) is 16.0. The number of benzene rings is 1. The molecule has 0 radical (unpaired) electrons. The molecule has 10 nitrogen and oxygen atoms in total. The molecular weight excluding hydrogens is 456 g/mol. The fraction of sp³-hybridized carbons (Fsp3) is 0.348. The summed E-state index contributed by atoms with van der Waals surface area (Å²) in [6.07, 6.45) is 1.71. The van der Waals surface area contributed by atoms with Gasteiger partial charge in [-0.2, -0.15) is 5.10 Å². The van der Waals surface area contributed by atoms with Crippen molar-refractivity contribution in [2.45, 2.75) is 38.6 Å². The lowest BCUT2D eigenvalue weighted by Crippen LogP contribution is -2.49. The van der Waals surface area contributed by atoms with E-state index in [9.17, 15) is 9.59 Å². The fourth-order valence-electron chi connectivity index (χ4n) is 3.72. The fourth-order valence-corrected chi connectivity index (χ4v) is 4.55. The number of ether oxygens (including phenoxy) is 1. The van der Waals surface area contributed by atoms with Crippen LogP contribution in [0.1, 0.15) is 37.0 Å². The van der Waals surface area contributed by atoms with Crippen LogP contribution in [0, 0.1) is 6.92 Å². The molecule has 0 bridgehead atoms. The quantitative estimate of drug-likeness (QED) is 0.365. The van der Waals surface area contributed by atoms with Gasteiger partial charge in [-0.25, -0.2) is 9.59 Å². The zero-order chi connectivity index (χ0) is 24.1. The van der Waals surface area contributed by atoms with Crippen LogP contribution in [0.4, 0.5) is 4.79 Å². The molecule has 2 aromatic heterocycles. The van der Waals surface area contributed by atoms with Crippen molar-refractivity contribution in [3.8, 4) is 0 Å². The van der Waals surface area contributed by atoms with Crippen LogP contribution in [-0.4, -0.2) is 55.8 Å². The molecule has 0 aliphatic carbocycles. The predicted molar refractivity (Wildman–Crippen MR) is 125 cm³/mol. The number of thioether (sulfide) groups is 1. The summed E-state index contributed by atoms with van der Waals surface area (Å²) in [4.78, 5) is 27.5. The molecule has 178 valence electrons. The van der Waals surface area contributed by atoms with E-state index in [1.165, 1.54) is 11.8 Å². The monoisotopic (exact) mass is 482 g/mol. The molecule has 1 aliphatic rings. The number of carbonyl (C=O) groups is 2. The highest BCUT2D eigenvalue weighted by molar-refractivity contribution is 7.99. The Morgan fingerprint density at radius 2 is 2.00 bits per heavy atom. The van der Waals surface area contributed by atoms with E-state index in [0.717, 1.165) is 11.3 Å². The predicted octanol–water partition coefficient (Wildman–Crippen LogP) is 3.32. The van der Waals surface area contributed by atoms with Gasteiger partial charge in [0.2, 0.25) is 5.89 Å². The maximum absolute atomic E-state index is 13.1. The van der Waals surface area contributed by atoms with Gasteiger partial charge in [0, 0.05) is 29.9 Å². The molecule has 34 heavy (non-hydrogen) atoms. The van der Waals surface area contributed by atoms with E-state index in [0.29, 0.717) is 35.5 Å². The van der Waals surface area contributed by atoms with Crippen molar-refractivity contribution < 1.29 is 18.7 Å². The number of carbonyl (C=O) groups excluding carboxylic acids is 2. The van der Waals surface area contributed by atoms with Gasteiger partial charge in [0.1, 0.15) is 6.54 Å². The highest BCUT2D eigenvalue weighted by Crippen LogP contribution is 2.34. The Bertz CT molecular complexity index is 1190. The summed E-state index contributed by atoms with van der Waals surface area (Å²) < 4.78 is 12.9. The number of rotatable bonds is 9. The summed E-state index contributed by atoms with van der Waals surface area (Å²) >= 11 is 1.26. The van der Waals surface area contributed by atoms with Crippen LogP contribution >= 0.6 is 11.8 Å². The van der Waals surface area contributed by atoms with Crippen LogP contribution in [0.3, 0.4) is 0 Å². The minimum absolute atomic E-state index is 0.226. The first-order valence-corrected chi connectivity index (χ1v) is 12.0. The Morgan fingerprint density at radius 3 is 2.68 bits per heavy atom. The second kappa shape index (κ2) is 10.6. The van der Waals surface area contributed by atoms with Gasteiger partial charge in [0.15, 0.2) is 0 Å². The molecule has 0 saturated carbocycles. The molecular formula is C23H26N6O4S. The first-order valence-electron chi connectivity index (χ1n) is 11.0. The molecule has 1 aromatic carbocycles. The van der Waals surface area contributed by atoms with Gasteiger partial charge >= 0.3 is 12.0 Å². The molecule has 1 aliphatic heterocycles. The van der Waals surface area contributed by atoms with Gasteiger partial charge in [0.05, 0.1) is 18.2 Å². The highest BCUT2D eigenvalue weighted by atomic mass is 32.2. The lowest BCUT2D eigenvalue weighted by Gasteiger charge is -2.36. The second-order valence-corrected chi connectivity index (χ2v) is 8.43. The molecule has 3 heterocycles. The zero-order valence-electron chi connectivity index (χ0n) is 19.2. The Labute approximate surface area is 201 Å². The van der Waals surface area contributed by atoms with Gasteiger partial charge in [-0.1, -0.05) is 42.1 Å². The molecule has 2 amide bonds. The molecule has 0 saturated heterocycles. The Balaban J connectivity index is 1.63. The largest absolute Gasteiger partial charge is 0.463 e. The number of esters is 1. The van der Waals surface area contributed by atoms with Crippen molar-refractivity contribution in [2.24, 2.45) is 0 Å². The number of aryl methyl sites for hydroxylation is 1. The standard InChI is InChI=1S/C23H26N6O4S/c1-4-28-17(14-34-23-27-26-18(33-23)13-29-15(3)11-12-24-29)19(21(30)32-5-2)20(25-22(28)31)16-9-7-6-8-10-16/h6-12,20H,4-5,13-14H2,1-3H3,(H,25,31)/t20-/m1/s1. The summed E-state index contributed by atoms with van der Waals surface area (Å²) in [5.74, 6) is 0.233. The zero-order valence-corrected chi connectivity index (χ0v) is 20.0. The van der Waals surface area contributed by atoms with Crippen molar-refractivity contribution >= 4 is 23.8 Å². The SMILES string of the molecule is CCOC(=O)C1=C(CSc2nnc(Cn3nccc3C)o2)N(CC)C(=O)N[C@@H]1c1ccccc1. The van der Waals surface area contributed by atoms with Gasteiger partial charge in [-0.15, -0.1) is 10.2 Å². The summed E-state index contributed by atoms with van der Waals surface area (Å²) in [5.41, 5.74) is 2.74. The van der Waals surface area contributed by atoms with Gasteiger partial charge in [-0.3, -0.25) is 9.58 Å². The summed E-state index contributed by atoms with van der Waals surface area (Å²) in [6.45, 7) is 6.53. The molecule has 1 N–H and O–H groups in total. The van der Waals surface area contributed by atoms with Crippen LogP contribution in [0.15, 0.2) is 63.5 Å². The molecule has 1 atom stereocenters. The van der Waals surface area contributed by atoms with Crippen molar-refractivity contribution in [1.82, 2.24) is 30.2 Å². The Morgan fingerprint density at radius 1 is 1.21 bits per heavy atom. The van der Waals surface area contributed by atoms with E-state index >= 15 is 0 Å². The lowest BCUT2D eigenvalue weighted by molar-refractivity contribution is -0.139. The van der Waals surface area contributed by atoms with Crippen LogP contribution in [-0.2, 0) is 16.1 Å². The third-order valence-corrected chi connectivity index (χ3v) is 6.21. The van der Waals surface area contributed by atoms with E-state index < -0.39 is 12.0 Å². The van der Waals surface area contributed by atoms with Gasteiger partial charge in [0.25, 0.3) is 5.22 Å². The van der Waals surface area contributed by atoms with E-state index in [2.05, 4.69) is 20.6 Å². The number of hydrogen-bond acceptors (Lipinski definition) is 8. The number of nitrogens with one attached hydrogen (secondary N) is 1. The van der Waals surface area contributed by atoms with Crippen LogP contribution in [0.25, 0.3) is 0 Å². The summed E-state index contributed by atoms with van der Waals surface area (Å²) in [5, 5.41) is 15.7. The number of aromatic nitrogens is 4. The first-order chi connectivity index (χ1) is 16.5. The third kappa shape index (κ3) is 4.98. The van der Waals surface area contributed by atoms with Crippen LogP contribution in [0.5, 0.6) is 0 Å². The molecule has 3 aromatic rings. The highest BCUT2D eigenvalue weighted by Gasteiger charge is 2.37. The maximum Gasteiger partial charge on any atom is 0.338 e. The number of nitrogens with zero attached hydrogens (tertiary/aromatic N) is 5. The van der Waals surface area contributed by atoms with E-state index in [-0.39, 0.29) is 18.4 Å². The molecule has 11 heteroatoms. The average Bonchev–Trinajstić information content (AvgIpc) is 3.46. The first kappa shape index (κ1) is 23.6. The topological polar surface area (TPSA) is 115 Å². The summed E-state index contributed by atoms with van der Waals surface area (Å²) in [6, 6.07) is 10.4. The number of amides is 2. The second-order valence-electron chi connectivity index (χ2n) is 7.50. The smallest absolute Gasteiger partial charge is 0.338 e. The summed E-state index contributed by atoms with van der Waals surface area (Å²) in [7, 11) is 0. The minimum Gasteiger partial charge on any atom is -0.463 e. The molecule has 0 unspecified atom stereocenters. The van der Waals surface area contributed by atoms with Gasteiger partial charge < -0.3 is 14.5 Å². The third-order valence-electron chi connectivity index (χ3n) is 5.38. The molecule has 0 spiro atoms. The minimum atomic E-state index is -0.618. The van der Waals surface area contributed by atoms with Crippen molar-refractivity contribution in [3.63, 3.8) is 0 Å². The Hall–Kier alpha value is -3.60. The van der Waals surface area contributed by atoms with E-state index in [4.69, 9.17) is 9.15 Å². The van der Waals surface area contributed by atoms with Crippen LogP contribution in [0.2, 0.25) is 0 Å². The maximum atomic E-state index is 13.1. The van der Waals surface area contributed by atoms with Gasteiger partial charge in [-0.05, 0) is 32.4 Å². The lowest BCUT2D eigenvalue weighted by atomic mass is 9.95.